The minimum Gasteiger partial charge on any atom is -0.0981 e. The van der Waals surface area contributed by atoms with Gasteiger partial charge in [0.05, 0.1) is 0 Å². The summed E-state index contributed by atoms with van der Waals surface area (Å²) in [5.74, 6) is 0.594. The average molecular weight is 232 g/mol. The zero-order chi connectivity index (χ0) is 12.1. The van der Waals surface area contributed by atoms with Crippen molar-refractivity contribution in [3.63, 3.8) is 0 Å². The first-order valence-electron chi connectivity index (χ1n) is 5.61. The van der Waals surface area contributed by atoms with E-state index in [0.717, 1.165) is 0 Å². The molecule has 0 fully saturated rings. The van der Waals surface area contributed by atoms with E-state index in [1.807, 2.05) is 5.41 Å². The Morgan fingerprint density at radius 1 is 1.19 bits per heavy atom. The first kappa shape index (κ1) is 13.1. The summed E-state index contributed by atoms with van der Waals surface area (Å²) < 4.78 is 0. The van der Waals surface area contributed by atoms with Crippen molar-refractivity contribution >= 4 is 16.7 Å². The van der Waals surface area contributed by atoms with Gasteiger partial charge in [-0.15, -0.1) is 0 Å². The molecule has 0 aromatic heterocycles. The fraction of sp³-hybridized carbons (Fsp3) is 0.333. The van der Waals surface area contributed by atoms with Crippen LogP contribution in [-0.2, 0) is 0 Å². The van der Waals surface area contributed by atoms with E-state index >= 15 is 0 Å². The summed E-state index contributed by atoms with van der Waals surface area (Å²) in [7, 11) is 0. The van der Waals surface area contributed by atoms with Crippen LogP contribution in [0, 0.1) is 0 Å². The number of benzene rings is 1. The van der Waals surface area contributed by atoms with Crippen LogP contribution in [0.2, 0.25) is 0 Å². The Morgan fingerprint density at radius 3 is 2.12 bits per heavy atom. The van der Waals surface area contributed by atoms with Gasteiger partial charge in [-0.25, -0.2) is 0 Å². The third-order valence-electron chi connectivity index (χ3n) is 2.49. The first-order valence-corrected chi connectivity index (χ1v) is 6.49. The summed E-state index contributed by atoms with van der Waals surface area (Å²) in [5, 5.41) is 1.89. The number of thioether (sulfide) groups is 1. The van der Waals surface area contributed by atoms with Crippen LogP contribution in [0.15, 0.2) is 41.8 Å². The predicted octanol–water partition coefficient (Wildman–Crippen LogP) is 5.44. The van der Waals surface area contributed by atoms with Gasteiger partial charge in [0, 0.05) is 4.91 Å². The monoisotopic (exact) mass is 232 g/mol. The molecular formula is C15H20S. The SMILES string of the molecule is C=CSC(=C(C)C)c1ccc(C(C)C)cc1. The van der Waals surface area contributed by atoms with Crippen LogP contribution in [0.25, 0.3) is 4.91 Å². The molecule has 0 nitrogen and oxygen atoms in total. The summed E-state index contributed by atoms with van der Waals surface area (Å²) in [5.41, 5.74) is 4.01. The molecule has 0 heterocycles. The fourth-order valence-corrected chi connectivity index (χ4v) is 2.25. The Bertz CT molecular complexity index is 378. The van der Waals surface area contributed by atoms with Crippen LogP contribution in [0.4, 0.5) is 0 Å². The van der Waals surface area contributed by atoms with Crippen molar-refractivity contribution in [2.75, 3.05) is 0 Å². The normalized spacial score (nSPS) is 10.3. The zero-order valence-corrected chi connectivity index (χ0v) is 11.4. The fourth-order valence-electron chi connectivity index (χ4n) is 1.58. The molecule has 1 rings (SSSR count). The first-order chi connectivity index (χ1) is 7.56. The lowest BCUT2D eigenvalue weighted by Gasteiger charge is -2.10. The lowest BCUT2D eigenvalue weighted by atomic mass is 10.0. The van der Waals surface area contributed by atoms with Gasteiger partial charge in [0.2, 0.25) is 0 Å². The van der Waals surface area contributed by atoms with Gasteiger partial charge < -0.3 is 0 Å². The molecule has 1 aromatic carbocycles. The maximum absolute atomic E-state index is 3.78. The highest BCUT2D eigenvalue weighted by Crippen LogP contribution is 2.31. The Morgan fingerprint density at radius 2 is 1.75 bits per heavy atom. The minimum absolute atomic E-state index is 0.594. The highest BCUT2D eigenvalue weighted by atomic mass is 32.2. The topological polar surface area (TPSA) is 0 Å². The second kappa shape index (κ2) is 5.95. The molecule has 0 aliphatic heterocycles. The van der Waals surface area contributed by atoms with Crippen molar-refractivity contribution in [3.05, 3.63) is 53.0 Å². The van der Waals surface area contributed by atoms with Crippen LogP contribution in [0.1, 0.15) is 44.7 Å². The lowest BCUT2D eigenvalue weighted by molar-refractivity contribution is 0.866. The van der Waals surface area contributed by atoms with E-state index in [-0.39, 0.29) is 0 Å². The zero-order valence-electron chi connectivity index (χ0n) is 10.6. The molecule has 0 bridgehead atoms. The molecule has 86 valence electrons. The third-order valence-corrected chi connectivity index (χ3v) is 3.54. The van der Waals surface area contributed by atoms with Gasteiger partial charge >= 0.3 is 0 Å². The molecule has 0 amide bonds. The predicted molar refractivity (Wildman–Crippen MR) is 76.6 cm³/mol. The molecule has 0 atom stereocenters. The highest BCUT2D eigenvalue weighted by Gasteiger charge is 2.04. The summed E-state index contributed by atoms with van der Waals surface area (Å²) in [4.78, 5) is 1.31. The van der Waals surface area contributed by atoms with Gasteiger partial charge in [-0.2, -0.15) is 0 Å². The minimum atomic E-state index is 0.594. The van der Waals surface area contributed by atoms with E-state index in [1.54, 1.807) is 11.8 Å². The molecule has 0 spiro atoms. The summed E-state index contributed by atoms with van der Waals surface area (Å²) in [6.07, 6.45) is 0. The summed E-state index contributed by atoms with van der Waals surface area (Å²) in [6, 6.07) is 8.83. The van der Waals surface area contributed by atoms with Crippen molar-refractivity contribution in [2.24, 2.45) is 0 Å². The lowest BCUT2D eigenvalue weighted by Crippen LogP contribution is -1.88. The number of hydrogen-bond acceptors (Lipinski definition) is 1. The van der Waals surface area contributed by atoms with Gasteiger partial charge in [-0.05, 0) is 36.3 Å². The van der Waals surface area contributed by atoms with Gasteiger partial charge in [-0.3, -0.25) is 0 Å². The Hall–Kier alpha value is -0.950. The van der Waals surface area contributed by atoms with E-state index in [2.05, 4.69) is 58.5 Å². The molecule has 0 saturated carbocycles. The van der Waals surface area contributed by atoms with Crippen LogP contribution >= 0.6 is 11.8 Å². The van der Waals surface area contributed by atoms with E-state index in [1.165, 1.54) is 21.6 Å². The standard InChI is InChI=1S/C15H20S/c1-6-16-15(12(4)5)14-9-7-13(8-10-14)11(2)3/h6-11H,1H2,2-5H3. The average Bonchev–Trinajstić information content (AvgIpc) is 2.25. The van der Waals surface area contributed by atoms with Gasteiger partial charge in [0.25, 0.3) is 0 Å². The molecule has 16 heavy (non-hydrogen) atoms. The molecule has 0 aliphatic carbocycles. The summed E-state index contributed by atoms with van der Waals surface area (Å²) >= 11 is 1.70. The number of rotatable bonds is 4. The Labute approximate surface area is 103 Å². The van der Waals surface area contributed by atoms with Crippen molar-refractivity contribution < 1.29 is 0 Å². The molecular weight excluding hydrogens is 212 g/mol. The largest absolute Gasteiger partial charge is 0.0981 e. The molecule has 0 radical (unpaired) electrons. The van der Waals surface area contributed by atoms with Crippen LogP contribution < -0.4 is 0 Å². The van der Waals surface area contributed by atoms with Crippen molar-refractivity contribution in [2.45, 2.75) is 33.6 Å². The number of allylic oxidation sites excluding steroid dienone is 1. The molecule has 0 saturated heterocycles. The molecule has 0 unspecified atom stereocenters. The summed E-state index contributed by atoms with van der Waals surface area (Å²) in [6.45, 7) is 12.5. The van der Waals surface area contributed by atoms with E-state index < -0.39 is 0 Å². The van der Waals surface area contributed by atoms with E-state index in [4.69, 9.17) is 0 Å². The van der Waals surface area contributed by atoms with Gasteiger partial charge in [0.1, 0.15) is 0 Å². The molecule has 0 aliphatic rings. The van der Waals surface area contributed by atoms with E-state index in [0.29, 0.717) is 5.92 Å². The van der Waals surface area contributed by atoms with Gasteiger partial charge in [0.15, 0.2) is 0 Å². The van der Waals surface area contributed by atoms with Crippen molar-refractivity contribution in [1.82, 2.24) is 0 Å². The Balaban J connectivity index is 3.04. The van der Waals surface area contributed by atoms with Crippen molar-refractivity contribution in [3.8, 4) is 0 Å². The molecule has 0 N–H and O–H groups in total. The van der Waals surface area contributed by atoms with Crippen molar-refractivity contribution in [1.29, 1.82) is 0 Å². The smallest absolute Gasteiger partial charge is 0.0175 e. The molecule has 1 heteroatoms. The highest BCUT2D eigenvalue weighted by molar-refractivity contribution is 8.10. The van der Waals surface area contributed by atoms with Crippen LogP contribution in [-0.4, -0.2) is 0 Å². The maximum Gasteiger partial charge on any atom is 0.0175 e. The van der Waals surface area contributed by atoms with Crippen LogP contribution in [0.3, 0.4) is 0 Å². The maximum atomic E-state index is 3.78. The third kappa shape index (κ3) is 3.28. The second-order valence-corrected chi connectivity index (χ2v) is 5.37. The molecule has 1 aromatic rings. The quantitative estimate of drug-likeness (QED) is 0.666. The van der Waals surface area contributed by atoms with Crippen LogP contribution in [0.5, 0.6) is 0 Å². The van der Waals surface area contributed by atoms with E-state index in [9.17, 15) is 0 Å². The Kier molecular flexibility index (Phi) is 4.88. The number of hydrogen-bond donors (Lipinski definition) is 0. The second-order valence-electron chi connectivity index (χ2n) is 4.39. The van der Waals surface area contributed by atoms with Gasteiger partial charge in [-0.1, -0.05) is 62.0 Å².